The van der Waals surface area contributed by atoms with Crippen molar-refractivity contribution < 1.29 is 0 Å². The molecular formula is C16H17N3. The molecule has 0 radical (unpaired) electrons. The molecule has 96 valence electrons. The molecule has 2 aromatic carbocycles. The molecule has 3 heteroatoms. The summed E-state index contributed by atoms with van der Waals surface area (Å²) in [5.74, 6) is 0.956. The Bertz CT molecular complexity index is 659. The van der Waals surface area contributed by atoms with Crippen molar-refractivity contribution in [3.05, 3.63) is 66.2 Å². The summed E-state index contributed by atoms with van der Waals surface area (Å²) < 4.78 is 0. The van der Waals surface area contributed by atoms with Crippen LogP contribution < -0.4 is 5.32 Å². The molecule has 0 amide bonds. The fourth-order valence-electron chi connectivity index (χ4n) is 2.40. The molecule has 3 nitrogen and oxygen atoms in total. The number of benzene rings is 2. The van der Waals surface area contributed by atoms with Crippen LogP contribution in [-0.2, 0) is 0 Å². The van der Waals surface area contributed by atoms with Gasteiger partial charge in [0.15, 0.2) is 0 Å². The van der Waals surface area contributed by atoms with E-state index in [1.807, 2.05) is 6.20 Å². The molecule has 0 fully saturated rings. The van der Waals surface area contributed by atoms with Crippen molar-refractivity contribution in [3.63, 3.8) is 0 Å². The lowest BCUT2D eigenvalue weighted by Crippen LogP contribution is -2.23. The first kappa shape index (κ1) is 11.9. The molecule has 19 heavy (non-hydrogen) atoms. The number of fused-ring (bicyclic) bond motifs is 1. The number of imidazole rings is 1. The molecule has 3 rings (SSSR count). The lowest BCUT2D eigenvalue weighted by atomic mass is 10.0. The Morgan fingerprint density at radius 2 is 2.00 bits per heavy atom. The van der Waals surface area contributed by atoms with E-state index in [4.69, 9.17) is 0 Å². The second kappa shape index (κ2) is 5.24. The third-order valence-electron chi connectivity index (χ3n) is 3.31. The summed E-state index contributed by atoms with van der Waals surface area (Å²) in [5.41, 5.74) is 1.23. The van der Waals surface area contributed by atoms with Gasteiger partial charge in [-0.15, -0.1) is 0 Å². The quantitative estimate of drug-likeness (QED) is 0.747. The Labute approximate surface area is 112 Å². The standard InChI is InChI=1S/C16H17N3/c1-2-17-15(16-18-9-10-19-16)14-8-7-12-5-3-4-6-13(12)11-14/h3-11,15,17H,2H2,1H3,(H,18,19). The third kappa shape index (κ3) is 2.37. The number of rotatable bonds is 4. The molecule has 0 aliphatic carbocycles. The zero-order chi connectivity index (χ0) is 13.1. The SMILES string of the molecule is CCNC(c1ccc2ccccc2c1)c1ncc[nH]1. The number of H-pyrrole nitrogens is 1. The summed E-state index contributed by atoms with van der Waals surface area (Å²) in [6.45, 7) is 3.01. The second-order valence-electron chi connectivity index (χ2n) is 4.57. The topological polar surface area (TPSA) is 40.7 Å². The van der Waals surface area contributed by atoms with Crippen LogP contribution >= 0.6 is 0 Å². The summed E-state index contributed by atoms with van der Waals surface area (Å²) in [5, 5.41) is 6.00. The van der Waals surface area contributed by atoms with Crippen molar-refractivity contribution in [3.8, 4) is 0 Å². The van der Waals surface area contributed by atoms with Gasteiger partial charge in [-0.25, -0.2) is 4.98 Å². The van der Waals surface area contributed by atoms with Crippen LogP contribution in [0.1, 0.15) is 24.4 Å². The van der Waals surface area contributed by atoms with Crippen molar-refractivity contribution in [1.29, 1.82) is 0 Å². The number of aromatic nitrogens is 2. The van der Waals surface area contributed by atoms with E-state index in [2.05, 4.69) is 64.7 Å². The number of hydrogen-bond acceptors (Lipinski definition) is 2. The molecule has 0 aliphatic rings. The summed E-state index contributed by atoms with van der Waals surface area (Å²) in [4.78, 5) is 7.57. The van der Waals surface area contributed by atoms with Gasteiger partial charge in [0.2, 0.25) is 0 Å². The Morgan fingerprint density at radius 3 is 2.74 bits per heavy atom. The summed E-state index contributed by atoms with van der Waals surface area (Å²) in [7, 11) is 0. The summed E-state index contributed by atoms with van der Waals surface area (Å²) in [6.07, 6.45) is 3.65. The molecule has 0 saturated heterocycles. The molecule has 1 aromatic heterocycles. The van der Waals surface area contributed by atoms with Crippen LogP contribution in [0.3, 0.4) is 0 Å². The van der Waals surface area contributed by atoms with E-state index in [0.29, 0.717) is 0 Å². The van der Waals surface area contributed by atoms with E-state index in [1.54, 1.807) is 6.20 Å². The number of hydrogen-bond donors (Lipinski definition) is 2. The van der Waals surface area contributed by atoms with Gasteiger partial charge in [0, 0.05) is 12.4 Å². The molecule has 3 aromatic rings. The fraction of sp³-hybridized carbons (Fsp3) is 0.188. The lowest BCUT2D eigenvalue weighted by molar-refractivity contribution is 0.604. The van der Waals surface area contributed by atoms with Crippen LogP contribution in [0.2, 0.25) is 0 Å². The Hall–Kier alpha value is -2.13. The lowest BCUT2D eigenvalue weighted by Gasteiger charge is -2.16. The van der Waals surface area contributed by atoms with E-state index in [0.717, 1.165) is 12.4 Å². The van der Waals surface area contributed by atoms with Crippen LogP contribution in [-0.4, -0.2) is 16.5 Å². The van der Waals surface area contributed by atoms with Gasteiger partial charge in [0.1, 0.15) is 5.82 Å². The highest BCUT2D eigenvalue weighted by Gasteiger charge is 2.15. The third-order valence-corrected chi connectivity index (χ3v) is 3.31. The average Bonchev–Trinajstić information content (AvgIpc) is 2.98. The number of nitrogens with zero attached hydrogens (tertiary/aromatic N) is 1. The van der Waals surface area contributed by atoms with Crippen LogP contribution in [0.15, 0.2) is 54.9 Å². The second-order valence-corrected chi connectivity index (χ2v) is 4.57. The zero-order valence-corrected chi connectivity index (χ0v) is 10.9. The molecular weight excluding hydrogens is 234 g/mol. The van der Waals surface area contributed by atoms with Crippen molar-refractivity contribution in [2.45, 2.75) is 13.0 Å². The van der Waals surface area contributed by atoms with Crippen molar-refractivity contribution in [1.82, 2.24) is 15.3 Å². The normalized spacial score (nSPS) is 12.7. The first-order valence-electron chi connectivity index (χ1n) is 6.60. The molecule has 2 N–H and O–H groups in total. The molecule has 0 aliphatic heterocycles. The molecule has 1 unspecified atom stereocenters. The van der Waals surface area contributed by atoms with E-state index < -0.39 is 0 Å². The van der Waals surface area contributed by atoms with Gasteiger partial charge in [-0.3, -0.25) is 0 Å². The first-order valence-corrected chi connectivity index (χ1v) is 6.60. The van der Waals surface area contributed by atoms with E-state index in [9.17, 15) is 0 Å². The maximum absolute atomic E-state index is 4.37. The van der Waals surface area contributed by atoms with Crippen molar-refractivity contribution >= 4 is 10.8 Å². The molecule has 0 spiro atoms. The summed E-state index contributed by atoms with van der Waals surface area (Å²) >= 11 is 0. The Balaban J connectivity index is 2.05. The van der Waals surface area contributed by atoms with Gasteiger partial charge < -0.3 is 10.3 Å². The predicted molar refractivity (Wildman–Crippen MR) is 78.1 cm³/mol. The highest BCUT2D eigenvalue weighted by molar-refractivity contribution is 5.83. The van der Waals surface area contributed by atoms with E-state index in [-0.39, 0.29) is 6.04 Å². The minimum Gasteiger partial charge on any atom is -0.347 e. The minimum atomic E-state index is 0.115. The summed E-state index contributed by atoms with van der Waals surface area (Å²) in [6, 6.07) is 15.1. The monoisotopic (exact) mass is 251 g/mol. The van der Waals surface area contributed by atoms with Gasteiger partial charge >= 0.3 is 0 Å². The largest absolute Gasteiger partial charge is 0.347 e. The van der Waals surface area contributed by atoms with E-state index >= 15 is 0 Å². The molecule has 1 heterocycles. The van der Waals surface area contributed by atoms with Crippen LogP contribution in [0.4, 0.5) is 0 Å². The fourth-order valence-corrected chi connectivity index (χ4v) is 2.40. The van der Waals surface area contributed by atoms with Gasteiger partial charge in [0.05, 0.1) is 6.04 Å². The number of nitrogens with one attached hydrogen (secondary N) is 2. The molecule has 0 bridgehead atoms. The highest BCUT2D eigenvalue weighted by Crippen LogP contribution is 2.23. The zero-order valence-electron chi connectivity index (χ0n) is 10.9. The van der Waals surface area contributed by atoms with Crippen molar-refractivity contribution in [2.75, 3.05) is 6.54 Å². The van der Waals surface area contributed by atoms with E-state index in [1.165, 1.54) is 16.3 Å². The first-order chi connectivity index (χ1) is 9.38. The predicted octanol–water partition coefficient (Wildman–Crippen LogP) is 3.26. The Kier molecular flexibility index (Phi) is 3.29. The van der Waals surface area contributed by atoms with Gasteiger partial charge in [-0.1, -0.05) is 43.3 Å². The molecule has 0 saturated carbocycles. The van der Waals surface area contributed by atoms with Crippen molar-refractivity contribution in [2.24, 2.45) is 0 Å². The van der Waals surface area contributed by atoms with Crippen LogP contribution in [0, 0.1) is 0 Å². The van der Waals surface area contributed by atoms with Gasteiger partial charge in [-0.2, -0.15) is 0 Å². The van der Waals surface area contributed by atoms with Crippen LogP contribution in [0.5, 0.6) is 0 Å². The Morgan fingerprint density at radius 1 is 1.16 bits per heavy atom. The van der Waals surface area contributed by atoms with Gasteiger partial charge in [0.25, 0.3) is 0 Å². The maximum Gasteiger partial charge on any atom is 0.127 e. The smallest absolute Gasteiger partial charge is 0.127 e. The van der Waals surface area contributed by atoms with Gasteiger partial charge in [-0.05, 0) is 28.9 Å². The maximum atomic E-state index is 4.37. The number of aromatic amines is 1. The average molecular weight is 251 g/mol. The highest BCUT2D eigenvalue weighted by atomic mass is 15.0. The molecule has 1 atom stereocenters. The minimum absolute atomic E-state index is 0.115. The van der Waals surface area contributed by atoms with Crippen LogP contribution in [0.25, 0.3) is 10.8 Å².